The number of benzene rings is 1. The van der Waals surface area contributed by atoms with Crippen molar-refractivity contribution in [2.75, 3.05) is 37.4 Å². The number of anilines is 1. The maximum absolute atomic E-state index is 12.3. The molecule has 0 saturated heterocycles. The standard InChI is InChI=1S/C23H32N6O2S/c1-4-13-32-23-27-21(25-10-12-31-5-2)19-16-26-29(22(19)28-23)11-9-24-20(30)15-18-8-6-7-17(3)14-18/h6-8,14,16H,4-5,9-13,15H2,1-3H3,(H,24,30)(H,25,27,28). The van der Waals surface area contributed by atoms with Crippen molar-refractivity contribution in [2.45, 2.75) is 45.3 Å². The first-order valence-corrected chi connectivity index (χ1v) is 12.1. The van der Waals surface area contributed by atoms with Gasteiger partial charge in [-0.25, -0.2) is 14.6 Å². The summed E-state index contributed by atoms with van der Waals surface area (Å²) in [5, 5.41) is 12.4. The Kier molecular flexibility index (Phi) is 9.30. The number of ether oxygens (including phenoxy) is 1. The summed E-state index contributed by atoms with van der Waals surface area (Å²) in [5.74, 6) is 1.72. The van der Waals surface area contributed by atoms with Crippen molar-refractivity contribution in [3.63, 3.8) is 0 Å². The quantitative estimate of drug-likeness (QED) is 0.231. The summed E-state index contributed by atoms with van der Waals surface area (Å²) in [6.45, 7) is 9.12. The van der Waals surface area contributed by atoms with Gasteiger partial charge >= 0.3 is 0 Å². The summed E-state index contributed by atoms with van der Waals surface area (Å²) >= 11 is 1.63. The number of hydrogen-bond donors (Lipinski definition) is 2. The lowest BCUT2D eigenvalue weighted by atomic mass is 10.1. The van der Waals surface area contributed by atoms with Crippen molar-refractivity contribution in [3.05, 3.63) is 41.6 Å². The van der Waals surface area contributed by atoms with Crippen LogP contribution in [0.15, 0.2) is 35.6 Å². The minimum atomic E-state index is -0.000780. The molecule has 172 valence electrons. The summed E-state index contributed by atoms with van der Waals surface area (Å²) < 4.78 is 7.25. The molecular formula is C23H32N6O2S. The van der Waals surface area contributed by atoms with Gasteiger partial charge in [-0.2, -0.15) is 5.10 Å². The second-order valence-corrected chi connectivity index (χ2v) is 8.51. The van der Waals surface area contributed by atoms with Gasteiger partial charge in [0.2, 0.25) is 5.91 Å². The predicted molar refractivity (Wildman–Crippen MR) is 129 cm³/mol. The van der Waals surface area contributed by atoms with E-state index in [9.17, 15) is 4.79 Å². The molecule has 1 aromatic carbocycles. The summed E-state index contributed by atoms with van der Waals surface area (Å²) in [4.78, 5) is 21.7. The lowest BCUT2D eigenvalue weighted by Gasteiger charge is -2.10. The average molecular weight is 457 g/mol. The van der Waals surface area contributed by atoms with Crippen LogP contribution in [-0.4, -0.2) is 57.7 Å². The number of thioether (sulfide) groups is 1. The Morgan fingerprint density at radius 3 is 2.88 bits per heavy atom. The normalized spacial score (nSPS) is 11.1. The molecule has 0 radical (unpaired) electrons. The van der Waals surface area contributed by atoms with Crippen LogP contribution >= 0.6 is 11.8 Å². The number of nitrogens with zero attached hydrogens (tertiary/aromatic N) is 4. The fourth-order valence-electron chi connectivity index (χ4n) is 3.25. The molecule has 32 heavy (non-hydrogen) atoms. The molecule has 0 fully saturated rings. The molecule has 0 unspecified atom stereocenters. The second kappa shape index (κ2) is 12.4. The maximum atomic E-state index is 12.3. The highest BCUT2D eigenvalue weighted by Gasteiger charge is 2.13. The van der Waals surface area contributed by atoms with Crippen LogP contribution < -0.4 is 10.6 Å². The number of nitrogens with one attached hydrogen (secondary N) is 2. The SMILES string of the molecule is CCCSc1nc(NCCOCC)c2cnn(CCNC(=O)Cc3cccc(C)c3)c2n1. The summed E-state index contributed by atoms with van der Waals surface area (Å²) in [7, 11) is 0. The Morgan fingerprint density at radius 2 is 2.09 bits per heavy atom. The minimum Gasteiger partial charge on any atom is -0.380 e. The summed E-state index contributed by atoms with van der Waals surface area (Å²) in [6.07, 6.45) is 3.20. The molecule has 0 aliphatic rings. The minimum absolute atomic E-state index is 0.000780. The fraction of sp³-hybridized carbons (Fsp3) is 0.478. The Hall–Kier alpha value is -2.65. The topological polar surface area (TPSA) is 94.0 Å². The van der Waals surface area contributed by atoms with Gasteiger partial charge in [-0.05, 0) is 25.8 Å². The number of fused-ring (bicyclic) bond motifs is 1. The van der Waals surface area contributed by atoms with Crippen LogP contribution in [0.1, 0.15) is 31.4 Å². The van der Waals surface area contributed by atoms with E-state index < -0.39 is 0 Å². The van der Waals surface area contributed by atoms with Crippen LogP contribution in [-0.2, 0) is 22.5 Å². The van der Waals surface area contributed by atoms with Crippen molar-refractivity contribution in [1.29, 1.82) is 0 Å². The average Bonchev–Trinajstić information content (AvgIpc) is 3.18. The monoisotopic (exact) mass is 456 g/mol. The van der Waals surface area contributed by atoms with Crippen molar-refractivity contribution in [2.24, 2.45) is 0 Å². The van der Waals surface area contributed by atoms with Crippen LogP contribution in [0.25, 0.3) is 11.0 Å². The highest BCUT2D eigenvalue weighted by molar-refractivity contribution is 7.99. The fourth-order valence-corrected chi connectivity index (χ4v) is 3.94. The van der Waals surface area contributed by atoms with Crippen LogP contribution in [0.5, 0.6) is 0 Å². The Bertz CT molecular complexity index is 1020. The van der Waals surface area contributed by atoms with E-state index >= 15 is 0 Å². The Labute approximate surface area is 193 Å². The third-order valence-corrected chi connectivity index (χ3v) is 5.80. The lowest BCUT2D eigenvalue weighted by molar-refractivity contribution is -0.120. The van der Waals surface area contributed by atoms with E-state index in [1.165, 1.54) is 0 Å². The number of aromatic nitrogens is 4. The smallest absolute Gasteiger partial charge is 0.224 e. The van der Waals surface area contributed by atoms with Gasteiger partial charge < -0.3 is 15.4 Å². The highest BCUT2D eigenvalue weighted by atomic mass is 32.2. The lowest BCUT2D eigenvalue weighted by Crippen LogP contribution is -2.29. The first-order valence-electron chi connectivity index (χ1n) is 11.1. The van der Waals surface area contributed by atoms with E-state index in [0.29, 0.717) is 39.3 Å². The van der Waals surface area contributed by atoms with Crippen LogP contribution in [0.3, 0.4) is 0 Å². The number of carbonyl (C=O) groups excluding carboxylic acids is 1. The number of aryl methyl sites for hydroxylation is 1. The number of amides is 1. The molecule has 3 aromatic rings. The molecule has 0 aliphatic heterocycles. The third kappa shape index (κ3) is 6.93. The number of carbonyl (C=O) groups is 1. The summed E-state index contributed by atoms with van der Waals surface area (Å²) in [6, 6.07) is 8.01. The zero-order chi connectivity index (χ0) is 22.8. The highest BCUT2D eigenvalue weighted by Crippen LogP contribution is 2.24. The molecule has 0 saturated carbocycles. The Balaban J connectivity index is 1.65. The molecule has 9 heteroatoms. The zero-order valence-electron chi connectivity index (χ0n) is 19.1. The van der Waals surface area contributed by atoms with E-state index in [-0.39, 0.29) is 5.91 Å². The van der Waals surface area contributed by atoms with Gasteiger partial charge in [0.25, 0.3) is 0 Å². The molecule has 2 heterocycles. The molecule has 0 aliphatic carbocycles. The van der Waals surface area contributed by atoms with Crippen molar-refractivity contribution in [3.8, 4) is 0 Å². The first-order chi connectivity index (χ1) is 15.6. The zero-order valence-corrected chi connectivity index (χ0v) is 19.9. The van der Waals surface area contributed by atoms with Gasteiger partial charge in [0.1, 0.15) is 5.82 Å². The molecule has 0 bridgehead atoms. The molecule has 0 atom stereocenters. The predicted octanol–water partition coefficient (Wildman–Crippen LogP) is 3.44. The molecular weight excluding hydrogens is 424 g/mol. The molecule has 2 aromatic heterocycles. The number of rotatable bonds is 13. The van der Waals surface area contributed by atoms with E-state index in [2.05, 4.69) is 27.6 Å². The largest absolute Gasteiger partial charge is 0.380 e. The first kappa shape index (κ1) is 24.0. The van der Waals surface area contributed by atoms with Crippen molar-refractivity contribution < 1.29 is 9.53 Å². The van der Waals surface area contributed by atoms with Gasteiger partial charge in [-0.15, -0.1) is 0 Å². The van der Waals surface area contributed by atoms with Gasteiger partial charge in [-0.1, -0.05) is 48.5 Å². The van der Waals surface area contributed by atoms with Crippen LogP contribution in [0, 0.1) is 6.92 Å². The maximum Gasteiger partial charge on any atom is 0.224 e. The molecule has 1 amide bonds. The van der Waals surface area contributed by atoms with Crippen molar-refractivity contribution in [1.82, 2.24) is 25.1 Å². The van der Waals surface area contributed by atoms with E-state index in [4.69, 9.17) is 9.72 Å². The Morgan fingerprint density at radius 1 is 1.22 bits per heavy atom. The van der Waals surface area contributed by atoms with Gasteiger partial charge in [-0.3, -0.25) is 4.79 Å². The van der Waals surface area contributed by atoms with Crippen LogP contribution in [0.2, 0.25) is 0 Å². The molecule has 0 spiro atoms. The molecule has 3 rings (SSSR count). The van der Waals surface area contributed by atoms with Crippen LogP contribution in [0.4, 0.5) is 5.82 Å². The van der Waals surface area contributed by atoms with Gasteiger partial charge in [0.05, 0.1) is 31.2 Å². The van der Waals surface area contributed by atoms with E-state index in [1.807, 2.05) is 42.8 Å². The second-order valence-electron chi connectivity index (χ2n) is 7.45. The molecule has 8 nitrogen and oxygen atoms in total. The summed E-state index contributed by atoms with van der Waals surface area (Å²) in [5.41, 5.74) is 2.94. The molecule has 2 N–H and O–H groups in total. The van der Waals surface area contributed by atoms with Gasteiger partial charge in [0, 0.05) is 25.4 Å². The van der Waals surface area contributed by atoms with E-state index in [0.717, 1.165) is 45.3 Å². The van der Waals surface area contributed by atoms with Gasteiger partial charge in [0.15, 0.2) is 10.8 Å². The third-order valence-electron chi connectivity index (χ3n) is 4.75. The number of hydrogen-bond acceptors (Lipinski definition) is 7. The van der Waals surface area contributed by atoms with E-state index in [1.54, 1.807) is 18.0 Å². The van der Waals surface area contributed by atoms with Crippen molar-refractivity contribution >= 4 is 34.5 Å².